The zero-order valence-electron chi connectivity index (χ0n) is 4.97. The lowest BCUT2D eigenvalue weighted by molar-refractivity contribution is 0.903. The normalized spacial score (nSPS) is 10.4. The fraction of sp³-hybridized carbons (Fsp3) is 0. The molecule has 0 unspecified atom stereocenters. The minimum atomic E-state index is 0.348. The van der Waals surface area contributed by atoms with Crippen LogP contribution < -0.4 is 5.73 Å². The molecule has 6 nitrogen and oxygen atoms in total. The molecule has 0 amide bonds. The van der Waals surface area contributed by atoms with Crippen LogP contribution in [0.4, 0.5) is 5.82 Å². The molecule has 0 aliphatic rings. The van der Waals surface area contributed by atoms with Crippen molar-refractivity contribution in [2.45, 2.75) is 0 Å². The minimum absolute atomic E-state index is 0.348. The minimum Gasteiger partial charge on any atom is -0.382 e. The molecule has 6 heteroatoms. The lowest BCUT2D eigenvalue weighted by Crippen LogP contribution is -1.97. The van der Waals surface area contributed by atoms with Crippen LogP contribution in [0, 0.1) is 0 Å². The molecule has 10 heavy (non-hydrogen) atoms. The molecule has 2 heterocycles. The first-order valence-electron chi connectivity index (χ1n) is 2.65. The quantitative estimate of drug-likeness (QED) is 0.507. The molecule has 0 radical (unpaired) electrons. The molecule has 0 spiro atoms. The van der Waals surface area contributed by atoms with Crippen LogP contribution in [0.25, 0.3) is 5.78 Å². The first-order valence-corrected chi connectivity index (χ1v) is 2.65. The van der Waals surface area contributed by atoms with Crippen molar-refractivity contribution in [2.24, 2.45) is 0 Å². The molecule has 2 N–H and O–H groups in total. The van der Waals surface area contributed by atoms with E-state index in [9.17, 15) is 0 Å². The molecule has 50 valence electrons. The zero-order valence-corrected chi connectivity index (χ0v) is 4.97. The molecule has 2 rings (SSSR count). The second-order valence-electron chi connectivity index (χ2n) is 1.76. The average Bonchev–Trinajstić information content (AvgIpc) is 2.33. The number of fused-ring (bicyclic) bond motifs is 1. The summed E-state index contributed by atoms with van der Waals surface area (Å²) in [5.41, 5.74) is 5.33. The molecular formula is C4H4N6. The van der Waals surface area contributed by atoms with Gasteiger partial charge < -0.3 is 5.73 Å². The van der Waals surface area contributed by atoms with Gasteiger partial charge in [0.1, 0.15) is 12.1 Å². The van der Waals surface area contributed by atoms with Crippen molar-refractivity contribution in [3.63, 3.8) is 0 Å². The molecule has 0 aromatic carbocycles. The molecular weight excluding hydrogens is 132 g/mol. The summed E-state index contributed by atoms with van der Waals surface area (Å²) in [5, 5.41) is 11.1. The summed E-state index contributed by atoms with van der Waals surface area (Å²) in [7, 11) is 0. The van der Waals surface area contributed by atoms with Gasteiger partial charge in [0.15, 0.2) is 0 Å². The van der Waals surface area contributed by atoms with E-state index < -0.39 is 0 Å². The lowest BCUT2D eigenvalue weighted by Gasteiger charge is -1.89. The van der Waals surface area contributed by atoms with Gasteiger partial charge in [-0.2, -0.15) is 14.6 Å². The zero-order chi connectivity index (χ0) is 6.97. The Labute approximate surface area is 55.7 Å². The summed E-state index contributed by atoms with van der Waals surface area (Å²) in [4.78, 5) is 3.84. The first-order chi connectivity index (χ1) is 4.86. The maximum atomic E-state index is 5.33. The summed E-state index contributed by atoms with van der Waals surface area (Å²) in [5.74, 6) is 0.764. The Morgan fingerprint density at radius 2 is 2.40 bits per heavy atom. The highest BCUT2D eigenvalue weighted by molar-refractivity contribution is 5.32. The van der Waals surface area contributed by atoms with E-state index in [1.165, 1.54) is 17.0 Å². The van der Waals surface area contributed by atoms with Crippen LogP contribution in [-0.2, 0) is 0 Å². The topological polar surface area (TPSA) is 82.0 Å². The van der Waals surface area contributed by atoms with Crippen LogP contribution >= 0.6 is 0 Å². The van der Waals surface area contributed by atoms with Crippen LogP contribution in [0.3, 0.4) is 0 Å². The molecule has 0 bridgehead atoms. The predicted molar refractivity (Wildman–Crippen MR) is 33.0 cm³/mol. The highest BCUT2D eigenvalue weighted by Crippen LogP contribution is 1.93. The second kappa shape index (κ2) is 1.63. The Kier molecular flexibility index (Phi) is 0.830. The van der Waals surface area contributed by atoms with Crippen LogP contribution in [0.5, 0.6) is 0 Å². The monoisotopic (exact) mass is 136 g/mol. The van der Waals surface area contributed by atoms with Gasteiger partial charge in [0.25, 0.3) is 5.78 Å². The van der Waals surface area contributed by atoms with Gasteiger partial charge in [-0.3, -0.25) is 0 Å². The van der Waals surface area contributed by atoms with E-state index in [1.807, 2.05) is 0 Å². The molecule has 0 fully saturated rings. The van der Waals surface area contributed by atoms with Gasteiger partial charge in [0.05, 0.1) is 6.20 Å². The predicted octanol–water partition coefficient (Wildman–Crippen LogP) is -0.899. The summed E-state index contributed by atoms with van der Waals surface area (Å²) in [6, 6.07) is 0. The van der Waals surface area contributed by atoms with Gasteiger partial charge in [-0.1, -0.05) is 0 Å². The van der Waals surface area contributed by atoms with E-state index >= 15 is 0 Å². The molecule has 0 aliphatic carbocycles. The van der Waals surface area contributed by atoms with Crippen molar-refractivity contribution in [1.29, 1.82) is 0 Å². The Balaban J connectivity index is 2.86. The van der Waals surface area contributed by atoms with Crippen LogP contribution in [-0.4, -0.2) is 24.8 Å². The Hall–Kier alpha value is -1.72. The number of nitrogens with two attached hydrogens (primary N) is 1. The molecule has 2 aromatic rings. The van der Waals surface area contributed by atoms with E-state index in [0.29, 0.717) is 11.6 Å². The second-order valence-corrected chi connectivity index (χ2v) is 1.76. The summed E-state index contributed by atoms with van der Waals surface area (Å²) in [6.07, 6.45) is 2.90. The smallest absolute Gasteiger partial charge is 0.273 e. The number of nitrogen functional groups attached to an aromatic ring is 1. The molecule has 0 aliphatic heterocycles. The van der Waals surface area contributed by atoms with Crippen LogP contribution in [0.15, 0.2) is 12.5 Å². The van der Waals surface area contributed by atoms with Crippen molar-refractivity contribution < 1.29 is 0 Å². The van der Waals surface area contributed by atoms with Crippen molar-refractivity contribution >= 4 is 11.6 Å². The molecule has 0 saturated heterocycles. The molecule has 2 aromatic heterocycles. The fourth-order valence-electron chi connectivity index (χ4n) is 0.645. The van der Waals surface area contributed by atoms with Gasteiger partial charge in [-0.25, -0.2) is 0 Å². The molecule has 0 saturated carbocycles. The third-order valence-electron chi connectivity index (χ3n) is 1.06. The van der Waals surface area contributed by atoms with Gasteiger partial charge >= 0.3 is 0 Å². The number of aromatic nitrogens is 5. The van der Waals surface area contributed by atoms with E-state index in [2.05, 4.69) is 20.3 Å². The summed E-state index contributed by atoms with van der Waals surface area (Å²) >= 11 is 0. The van der Waals surface area contributed by atoms with E-state index in [4.69, 9.17) is 5.73 Å². The first kappa shape index (κ1) is 5.10. The average molecular weight is 136 g/mol. The van der Waals surface area contributed by atoms with E-state index in [1.54, 1.807) is 0 Å². The van der Waals surface area contributed by atoms with Crippen molar-refractivity contribution in [1.82, 2.24) is 24.8 Å². The Morgan fingerprint density at radius 3 is 3.30 bits per heavy atom. The van der Waals surface area contributed by atoms with Crippen LogP contribution in [0.2, 0.25) is 0 Å². The van der Waals surface area contributed by atoms with E-state index in [-0.39, 0.29) is 0 Å². The lowest BCUT2D eigenvalue weighted by atomic mass is 10.7. The number of hydrogen-bond acceptors (Lipinski definition) is 5. The largest absolute Gasteiger partial charge is 0.382 e. The summed E-state index contributed by atoms with van der Waals surface area (Å²) < 4.78 is 1.44. The highest BCUT2D eigenvalue weighted by atomic mass is 15.4. The third-order valence-corrected chi connectivity index (χ3v) is 1.06. The maximum Gasteiger partial charge on any atom is 0.273 e. The Morgan fingerprint density at radius 1 is 1.50 bits per heavy atom. The molecule has 0 atom stereocenters. The van der Waals surface area contributed by atoms with Crippen LogP contribution in [0.1, 0.15) is 0 Å². The number of anilines is 1. The fourth-order valence-corrected chi connectivity index (χ4v) is 0.645. The van der Waals surface area contributed by atoms with Gasteiger partial charge in [-0.15, -0.1) is 10.2 Å². The van der Waals surface area contributed by atoms with Crippen molar-refractivity contribution in [3.05, 3.63) is 12.5 Å². The standard InChI is InChI=1S/C4H4N6/c5-3-1-7-10-2-6-9-4(10)8-3/h1-2H,(H2,5,8,9). The van der Waals surface area contributed by atoms with E-state index in [0.717, 1.165) is 0 Å². The highest BCUT2D eigenvalue weighted by Gasteiger charge is 1.95. The Bertz CT molecular complexity index is 351. The maximum absolute atomic E-state index is 5.33. The van der Waals surface area contributed by atoms with Crippen molar-refractivity contribution in [2.75, 3.05) is 5.73 Å². The third kappa shape index (κ3) is 0.586. The van der Waals surface area contributed by atoms with Gasteiger partial charge in [-0.05, 0) is 0 Å². The SMILES string of the molecule is Nc1cnn2cnnc2n1. The van der Waals surface area contributed by atoms with Gasteiger partial charge in [0, 0.05) is 0 Å². The number of rotatable bonds is 0. The van der Waals surface area contributed by atoms with Gasteiger partial charge in [0.2, 0.25) is 0 Å². The summed E-state index contributed by atoms with van der Waals surface area (Å²) in [6.45, 7) is 0. The number of nitrogens with zero attached hydrogens (tertiary/aromatic N) is 5. The van der Waals surface area contributed by atoms with Crippen molar-refractivity contribution in [3.8, 4) is 0 Å². The number of hydrogen-bond donors (Lipinski definition) is 1.